The van der Waals surface area contributed by atoms with E-state index in [1.165, 1.54) is 32.2 Å². The van der Waals surface area contributed by atoms with Crippen LogP contribution in [0.2, 0.25) is 0 Å². The summed E-state index contributed by atoms with van der Waals surface area (Å²) in [6, 6.07) is 9.67. The molecule has 0 saturated carbocycles. The molecule has 0 amide bonds. The van der Waals surface area contributed by atoms with Crippen molar-refractivity contribution in [3.05, 3.63) is 35.4 Å². The van der Waals surface area contributed by atoms with Gasteiger partial charge in [0.05, 0.1) is 0 Å². The molecule has 0 fully saturated rings. The summed E-state index contributed by atoms with van der Waals surface area (Å²) in [7, 11) is 2.27. The second kappa shape index (κ2) is 4.80. The first-order valence-electron chi connectivity index (χ1n) is 6.08. The molecule has 0 saturated heterocycles. The summed E-state index contributed by atoms with van der Waals surface area (Å²) in [6.07, 6.45) is 5.09. The van der Waals surface area contributed by atoms with Crippen LogP contribution in [0.25, 0.3) is 0 Å². The van der Waals surface area contributed by atoms with E-state index in [-0.39, 0.29) is 0 Å². The summed E-state index contributed by atoms with van der Waals surface area (Å²) in [5.74, 6) is 0. The quantitative estimate of drug-likeness (QED) is 0.730. The van der Waals surface area contributed by atoms with Crippen LogP contribution in [0.15, 0.2) is 24.3 Å². The molecule has 0 aromatic heterocycles. The van der Waals surface area contributed by atoms with Crippen LogP contribution in [-0.4, -0.2) is 24.5 Å². The SMILES string of the molecule is CCCN(C)[C@@H]1CCc2ccccc2C1. The summed E-state index contributed by atoms with van der Waals surface area (Å²) < 4.78 is 0. The molecule has 0 N–H and O–H groups in total. The lowest BCUT2D eigenvalue weighted by Crippen LogP contribution is -2.36. The van der Waals surface area contributed by atoms with Gasteiger partial charge in [0.15, 0.2) is 0 Å². The van der Waals surface area contributed by atoms with E-state index in [2.05, 4.69) is 43.1 Å². The van der Waals surface area contributed by atoms with E-state index in [1.807, 2.05) is 0 Å². The predicted molar refractivity (Wildman–Crippen MR) is 65.2 cm³/mol. The van der Waals surface area contributed by atoms with Crippen molar-refractivity contribution in [3.63, 3.8) is 0 Å². The van der Waals surface area contributed by atoms with E-state index < -0.39 is 0 Å². The number of fused-ring (bicyclic) bond motifs is 1. The van der Waals surface area contributed by atoms with Crippen molar-refractivity contribution in [2.45, 2.75) is 38.6 Å². The van der Waals surface area contributed by atoms with Gasteiger partial charge in [-0.25, -0.2) is 0 Å². The van der Waals surface area contributed by atoms with E-state index >= 15 is 0 Å². The van der Waals surface area contributed by atoms with Crippen LogP contribution in [0.5, 0.6) is 0 Å². The Bertz CT molecular complexity index is 319. The Hall–Kier alpha value is -0.820. The molecule has 0 unspecified atom stereocenters. The molecule has 2 rings (SSSR count). The van der Waals surface area contributed by atoms with E-state index in [1.54, 1.807) is 11.1 Å². The lowest BCUT2D eigenvalue weighted by atomic mass is 9.87. The first kappa shape index (κ1) is 10.7. The Labute approximate surface area is 93.1 Å². The molecule has 0 spiro atoms. The molecule has 1 aromatic rings. The van der Waals surface area contributed by atoms with Crippen molar-refractivity contribution in [3.8, 4) is 0 Å². The molecule has 1 atom stereocenters. The van der Waals surface area contributed by atoms with Gasteiger partial charge in [0.25, 0.3) is 0 Å². The smallest absolute Gasteiger partial charge is 0.0136 e. The highest BCUT2D eigenvalue weighted by atomic mass is 15.1. The van der Waals surface area contributed by atoms with Gasteiger partial charge < -0.3 is 4.90 Å². The fraction of sp³-hybridized carbons (Fsp3) is 0.571. The highest BCUT2D eigenvalue weighted by molar-refractivity contribution is 5.30. The highest BCUT2D eigenvalue weighted by Crippen LogP contribution is 2.23. The highest BCUT2D eigenvalue weighted by Gasteiger charge is 2.20. The molecular formula is C14H21N. The normalized spacial score (nSPS) is 20.3. The van der Waals surface area contributed by atoms with Gasteiger partial charge in [0.1, 0.15) is 0 Å². The molecular weight excluding hydrogens is 182 g/mol. The number of hydrogen-bond donors (Lipinski definition) is 0. The first-order chi connectivity index (χ1) is 7.31. The average Bonchev–Trinajstić information content (AvgIpc) is 2.29. The molecule has 0 radical (unpaired) electrons. The molecule has 0 aliphatic heterocycles. The Kier molecular flexibility index (Phi) is 3.42. The van der Waals surface area contributed by atoms with Gasteiger partial charge >= 0.3 is 0 Å². The topological polar surface area (TPSA) is 3.24 Å². The lowest BCUT2D eigenvalue weighted by molar-refractivity contribution is 0.222. The number of likely N-dealkylation sites (N-methyl/N-ethyl adjacent to an activating group) is 1. The standard InChI is InChI=1S/C14H21N/c1-3-10-15(2)14-9-8-12-6-4-5-7-13(12)11-14/h4-7,14H,3,8-11H2,1-2H3/t14-/m1/s1. The number of rotatable bonds is 3. The van der Waals surface area contributed by atoms with Crippen molar-refractivity contribution in [2.24, 2.45) is 0 Å². The Morgan fingerprint density at radius 1 is 1.27 bits per heavy atom. The van der Waals surface area contributed by atoms with Crippen LogP contribution >= 0.6 is 0 Å². The van der Waals surface area contributed by atoms with Crippen LogP contribution in [0.4, 0.5) is 0 Å². The molecule has 1 aliphatic carbocycles. The van der Waals surface area contributed by atoms with E-state index in [0.717, 1.165) is 6.04 Å². The Balaban J connectivity index is 2.05. The number of benzene rings is 1. The molecule has 0 heterocycles. The Morgan fingerprint density at radius 3 is 2.73 bits per heavy atom. The number of hydrogen-bond acceptors (Lipinski definition) is 1. The van der Waals surface area contributed by atoms with Crippen LogP contribution in [-0.2, 0) is 12.8 Å². The van der Waals surface area contributed by atoms with Gasteiger partial charge in [0.2, 0.25) is 0 Å². The third-order valence-electron chi connectivity index (χ3n) is 3.52. The van der Waals surface area contributed by atoms with Crippen molar-refractivity contribution < 1.29 is 0 Å². The minimum Gasteiger partial charge on any atom is -0.303 e. The predicted octanol–water partition coefficient (Wildman–Crippen LogP) is 2.89. The van der Waals surface area contributed by atoms with Gasteiger partial charge in [-0.3, -0.25) is 0 Å². The third kappa shape index (κ3) is 2.40. The zero-order valence-corrected chi connectivity index (χ0v) is 9.87. The lowest BCUT2D eigenvalue weighted by Gasteiger charge is -2.32. The van der Waals surface area contributed by atoms with E-state index in [0.29, 0.717) is 0 Å². The van der Waals surface area contributed by atoms with Gasteiger partial charge in [-0.05, 0) is 50.4 Å². The summed E-state index contributed by atoms with van der Waals surface area (Å²) in [6.45, 7) is 3.49. The van der Waals surface area contributed by atoms with Crippen LogP contribution in [0.3, 0.4) is 0 Å². The first-order valence-corrected chi connectivity index (χ1v) is 6.08. The largest absolute Gasteiger partial charge is 0.303 e. The summed E-state index contributed by atoms with van der Waals surface area (Å²) in [4.78, 5) is 2.52. The maximum atomic E-state index is 2.52. The van der Waals surface area contributed by atoms with Crippen molar-refractivity contribution in [1.29, 1.82) is 0 Å². The summed E-state index contributed by atoms with van der Waals surface area (Å²) in [5.41, 5.74) is 3.13. The van der Waals surface area contributed by atoms with Gasteiger partial charge in [0, 0.05) is 6.04 Å². The fourth-order valence-corrected chi connectivity index (χ4v) is 2.59. The number of aryl methyl sites for hydroxylation is 1. The van der Waals surface area contributed by atoms with E-state index in [4.69, 9.17) is 0 Å². The second-order valence-electron chi connectivity index (χ2n) is 4.65. The third-order valence-corrected chi connectivity index (χ3v) is 3.52. The molecule has 1 heteroatoms. The van der Waals surface area contributed by atoms with Crippen molar-refractivity contribution >= 4 is 0 Å². The zero-order valence-electron chi connectivity index (χ0n) is 9.87. The second-order valence-corrected chi connectivity index (χ2v) is 4.65. The van der Waals surface area contributed by atoms with Crippen molar-refractivity contribution in [2.75, 3.05) is 13.6 Å². The minimum atomic E-state index is 0.764. The average molecular weight is 203 g/mol. The van der Waals surface area contributed by atoms with Crippen molar-refractivity contribution in [1.82, 2.24) is 4.90 Å². The maximum absolute atomic E-state index is 2.52. The molecule has 1 aliphatic rings. The van der Waals surface area contributed by atoms with Crippen LogP contribution < -0.4 is 0 Å². The van der Waals surface area contributed by atoms with Gasteiger partial charge in [-0.1, -0.05) is 31.2 Å². The maximum Gasteiger partial charge on any atom is 0.0136 e. The Morgan fingerprint density at radius 2 is 2.00 bits per heavy atom. The molecule has 1 aromatic carbocycles. The zero-order chi connectivity index (χ0) is 10.7. The van der Waals surface area contributed by atoms with Crippen LogP contribution in [0.1, 0.15) is 30.9 Å². The van der Waals surface area contributed by atoms with Crippen LogP contribution in [0, 0.1) is 0 Å². The summed E-state index contributed by atoms with van der Waals surface area (Å²) >= 11 is 0. The minimum absolute atomic E-state index is 0.764. The monoisotopic (exact) mass is 203 g/mol. The molecule has 82 valence electrons. The van der Waals surface area contributed by atoms with E-state index in [9.17, 15) is 0 Å². The molecule has 1 nitrogen and oxygen atoms in total. The van der Waals surface area contributed by atoms with Gasteiger partial charge in [-0.2, -0.15) is 0 Å². The fourth-order valence-electron chi connectivity index (χ4n) is 2.59. The van der Waals surface area contributed by atoms with Gasteiger partial charge in [-0.15, -0.1) is 0 Å². The number of nitrogens with zero attached hydrogens (tertiary/aromatic N) is 1. The molecule has 0 bridgehead atoms. The summed E-state index contributed by atoms with van der Waals surface area (Å²) in [5, 5.41) is 0. The molecule has 15 heavy (non-hydrogen) atoms.